The van der Waals surface area contributed by atoms with Gasteiger partial charge < -0.3 is 20.1 Å². The van der Waals surface area contributed by atoms with Crippen LogP contribution in [-0.2, 0) is 17.5 Å². The summed E-state index contributed by atoms with van der Waals surface area (Å²) in [6, 6.07) is -0.00982. The lowest BCUT2D eigenvalue weighted by molar-refractivity contribution is -0.143. The molecule has 4 aliphatic rings. The van der Waals surface area contributed by atoms with E-state index in [9.17, 15) is 22.8 Å². The molecule has 0 radical (unpaired) electrons. The second-order valence-corrected chi connectivity index (χ2v) is 9.12. The number of carbonyl (C=O) groups excluding carboxylic acids is 2. The number of likely N-dealkylation sites (tertiary alicyclic amines) is 3. The zero-order chi connectivity index (χ0) is 20.6. The summed E-state index contributed by atoms with van der Waals surface area (Å²) in [7, 11) is 0. The molecule has 0 aliphatic carbocycles. The lowest BCUT2D eigenvalue weighted by Crippen LogP contribution is -2.76. The first-order valence-corrected chi connectivity index (χ1v) is 9.77. The van der Waals surface area contributed by atoms with E-state index in [-0.39, 0.29) is 41.0 Å². The van der Waals surface area contributed by atoms with Gasteiger partial charge in [-0.1, -0.05) is 0 Å². The maximum atomic E-state index is 13.1. The van der Waals surface area contributed by atoms with Gasteiger partial charge in [-0.2, -0.15) is 13.2 Å². The lowest BCUT2D eigenvalue weighted by atomic mass is 9.72. The fraction of sp³-hybridized carbons (Fsp3) is 0.722. The molecular weight excluding hydrogens is 389 g/mol. The summed E-state index contributed by atoms with van der Waals surface area (Å²) in [4.78, 5) is 35.8. The number of hydrogen-bond donors (Lipinski definition) is 2. The van der Waals surface area contributed by atoms with Crippen LogP contribution in [0.3, 0.4) is 0 Å². The molecule has 1 aromatic heterocycles. The Morgan fingerprint density at radius 2 is 1.79 bits per heavy atom. The molecule has 0 unspecified atom stereocenters. The summed E-state index contributed by atoms with van der Waals surface area (Å²) in [5.41, 5.74) is -0.970. The van der Waals surface area contributed by atoms with E-state index in [1.807, 2.05) is 4.90 Å². The van der Waals surface area contributed by atoms with Crippen LogP contribution < -0.4 is 5.32 Å². The maximum Gasteiger partial charge on any atom is 0.435 e. The molecular formula is C18H23F3N6O2. The van der Waals surface area contributed by atoms with Crippen molar-refractivity contribution in [1.82, 2.24) is 30.0 Å². The number of urea groups is 1. The average Bonchev–Trinajstić information content (AvgIpc) is 3.09. The molecule has 4 aliphatic heterocycles. The first kappa shape index (κ1) is 18.7. The standard InChI is InChI=1S/C18H23F3N6O2/c1-11-22-12(14(23-11)18(19,20)21)4-25-5-16(6-25)7-26(8-16)15(29)27-9-17(10-27)3-2-13(28)24-17/h2-10H2,1H3,(H,22,23)(H,24,28). The molecule has 158 valence electrons. The van der Waals surface area contributed by atoms with Crippen molar-refractivity contribution in [1.29, 1.82) is 0 Å². The molecule has 0 aromatic carbocycles. The first-order chi connectivity index (χ1) is 13.6. The summed E-state index contributed by atoms with van der Waals surface area (Å²) >= 11 is 0. The second-order valence-electron chi connectivity index (χ2n) is 9.12. The van der Waals surface area contributed by atoms with E-state index < -0.39 is 11.9 Å². The van der Waals surface area contributed by atoms with Gasteiger partial charge in [-0.3, -0.25) is 9.69 Å². The summed E-state index contributed by atoms with van der Waals surface area (Å²) in [5, 5.41) is 2.96. The molecule has 0 atom stereocenters. The first-order valence-electron chi connectivity index (χ1n) is 9.77. The number of carbonyl (C=O) groups is 2. The number of H-pyrrole nitrogens is 1. The van der Waals surface area contributed by atoms with Crippen LogP contribution in [-0.4, -0.2) is 81.4 Å². The Morgan fingerprint density at radius 3 is 2.38 bits per heavy atom. The van der Waals surface area contributed by atoms with Crippen molar-refractivity contribution in [2.75, 3.05) is 39.3 Å². The number of hydrogen-bond acceptors (Lipinski definition) is 4. The van der Waals surface area contributed by atoms with Gasteiger partial charge in [0.05, 0.1) is 11.2 Å². The van der Waals surface area contributed by atoms with Crippen molar-refractivity contribution in [3.8, 4) is 0 Å². The van der Waals surface area contributed by atoms with E-state index in [1.165, 1.54) is 6.92 Å². The fourth-order valence-electron chi connectivity index (χ4n) is 5.26. The number of halogens is 3. The number of aromatic amines is 1. The molecule has 2 spiro atoms. The number of rotatable bonds is 2. The predicted octanol–water partition coefficient (Wildman–Crippen LogP) is 0.939. The minimum Gasteiger partial charge on any atom is -0.347 e. The van der Waals surface area contributed by atoms with Gasteiger partial charge in [0, 0.05) is 57.6 Å². The monoisotopic (exact) mass is 412 g/mol. The Morgan fingerprint density at radius 1 is 1.14 bits per heavy atom. The minimum atomic E-state index is -4.46. The van der Waals surface area contributed by atoms with Crippen LogP contribution in [0.25, 0.3) is 0 Å². The van der Waals surface area contributed by atoms with Crippen LogP contribution >= 0.6 is 0 Å². The number of aryl methyl sites for hydroxylation is 1. The van der Waals surface area contributed by atoms with E-state index in [2.05, 4.69) is 15.3 Å². The zero-order valence-electron chi connectivity index (χ0n) is 16.1. The topological polar surface area (TPSA) is 84.6 Å². The summed E-state index contributed by atoms with van der Waals surface area (Å²) in [6.07, 6.45) is -3.16. The fourth-order valence-corrected chi connectivity index (χ4v) is 5.26. The van der Waals surface area contributed by atoms with Crippen molar-refractivity contribution in [2.24, 2.45) is 5.41 Å². The van der Waals surface area contributed by atoms with Crippen molar-refractivity contribution < 1.29 is 22.8 Å². The number of amides is 3. The third-order valence-electron chi connectivity index (χ3n) is 6.48. The number of imidazole rings is 1. The van der Waals surface area contributed by atoms with E-state index in [4.69, 9.17) is 0 Å². The van der Waals surface area contributed by atoms with Gasteiger partial charge in [0.25, 0.3) is 0 Å². The molecule has 4 fully saturated rings. The van der Waals surface area contributed by atoms with Gasteiger partial charge in [0.1, 0.15) is 5.82 Å². The number of aromatic nitrogens is 2. The van der Waals surface area contributed by atoms with Crippen LogP contribution in [0.2, 0.25) is 0 Å². The van der Waals surface area contributed by atoms with Gasteiger partial charge in [0.15, 0.2) is 5.69 Å². The molecule has 29 heavy (non-hydrogen) atoms. The molecule has 3 amide bonds. The molecule has 5 heterocycles. The van der Waals surface area contributed by atoms with E-state index in [0.29, 0.717) is 45.7 Å². The van der Waals surface area contributed by atoms with Crippen LogP contribution in [0.5, 0.6) is 0 Å². The highest BCUT2D eigenvalue weighted by Crippen LogP contribution is 2.42. The second kappa shape index (κ2) is 5.87. The van der Waals surface area contributed by atoms with Gasteiger partial charge in [0.2, 0.25) is 5.91 Å². The summed E-state index contributed by atoms with van der Waals surface area (Å²) in [5.74, 6) is 0.310. The van der Waals surface area contributed by atoms with Gasteiger partial charge >= 0.3 is 12.2 Å². The number of alkyl halides is 3. The summed E-state index contributed by atoms with van der Waals surface area (Å²) < 4.78 is 39.2. The predicted molar refractivity (Wildman–Crippen MR) is 94.7 cm³/mol. The molecule has 8 nitrogen and oxygen atoms in total. The molecule has 0 bridgehead atoms. The Bertz CT molecular complexity index is 861. The van der Waals surface area contributed by atoms with E-state index in [1.54, 1.807) is 9.80 Å². The number of nitrogens with zero attached hydrogens (tertiary/aromatic N) is 4. The SMILES string of the molecule is Cc1nc(C(F)(F)F)c(CN2CC3(C2)CN(C(=O)N2CC4(CCC(=O)N4)C2)C3)[nH]1. The van der Waals surface area contributed by atoms with Crippen LogP contribution in [0.15, 0.2) is 0 Å². The van der Waals surface area contributed by atoms with E-state index in [0.717, 1.165) is 6.42 Å². The van der Waals surface area contributed by atoms with Crippen LogP contribution in [0.4, 0.5) is 18.0 Å². The third kappa shape index (κ3) is 3.06. The Kier molecular flexibility index (Phi) is 3.78. The molecule has 11 heteroatoms. The largest absolute Gasteiger partial charge is 0.435 e. The smallest absolute Gasteiger partial charge is 0.347 e. The lowest BCUT2D eigenvalue weighted by Gasteiger charge is -2.61. The Hall–Kier alpha value is -2.30. The molecule has 4 saturated heterocycles. The van der Waals surface area contributed by atoms with Gasteiger partial charge in [-0.15, -0.1) is 0 Å². The third-order valence-corrected chi connectivity index (χ3v) is 6.48. The van der Waals surface area contributed by atoms with Gasteiger partial charge in [-0.05, 0) is 13.3 Å². The van der Waals surface area contributed by atoms with Crippen molar-refractivity contribution in [2.45, 2.75) is 38.0 Å². The Balaban J connectivity index is 1.10. The van der Waals surface area contributed by atoms with Crippen LogP contribution in [0.1, 0.15) is 30.1 Å². The van der Waals surface area contributed by atoms with Crippen molar-refractivity contribution >= 4 is 11.9 Å². The maximum absolute atomic E-state index is 13.1. The van der Waals surface area contributed by atoms with Gasteiger partial charge in [-0.25, -0.2) is 9.78 Å². The number of nitrogens with one attached hydrogen (secondary N) is 2. The molecule has 1 aromatic rings. The van der Waals surface area contributed by atoms with E-state index >= 15 is 0 Å². The minimum absolute atomic E-state index is 0.00670. The van der Waals surface area contributed by atoms with Crippen LogP contribution in [0, 0.1) is 12.3 Å². The molecule has 0 saturated carbocycles. The average molecular weight is 412 g/mol. The highest BCUT2D eigenvalue weighted by Gasteiger charge is 2.56. The normalized spacial score (nSPS) is 25.0. The molecule has 5 rings (SSSR count). The highest BCUT2D eigenvalue weighted by molar-refractivity contribution is 5.82. The summed E-state index contributed by atoms with van der Waals surface area (Å²) in [6.45, 7) is 5.43. The quantitative estimate of drug-likeness (QED) is 0.757. The molecule has 2 N–H and O–H groups in total. The highest BCUT2D eigenvalue weighted by atomic mass is 19.4. The Labute approximate surface area is 165 Å². The zero-order valence-corrected chi connectivity index (χ0v) is 16.1. The van der Waals surface area contributed by atoms with Crippen molar-refractivity contribution in [3.05, 3.63) is 17.2 Å². The van der Waals surface area contributed by atoms with Crippen molar-refractivity contribution in [3.63, 3.8) is 0 Å².